The number of halogens is 2. The molecule has 4 rings (SSSR count). The number of amides is 1. The predicted octanol–water partition coefficient (Wildman–Crippen LogP) is 4.70. The topological polar surface area (TPSA) is 75.4 Å². The van der Waals surface area contributed by atoms with Gasteiger partial charge in [0.2, 0.25) is 0 Å². The van der Waals surface area contributed by atoms with Crippen molar-refractivity contribution in [1.29, 1.82) is 0 Å². The Kier molecular flexibility index (Phi) is 6.11. The largest absolute Gasteiger partial charge is 0.507 e. The van der Waals surface area contributed by atoms with Crippen molar-refractivity contribution in [2.45, 2.75) is 19.0 Å². The Labute approximate surface area is 189 Å². The second-order valence-electron chi connectivity index (χ2n) is 7.18. The molecule has 1 unspecified atom stereocenters. The van der Waals surface area contributed by atoms with Gasteiger partial charge in [0.15, 0.2) is 0 Å². The third kappa shape index (κ3) is 4.22. The number of likely N-dealkylation sites (tertiary alicyclic amines) is 1. The summed E-state index contributed by atoms with van der Waals surface area (Å²) in [5, 5.41) is 11.7. The summed E-state index contributed by atoms with van der Waals surface area (Å²) in [5.74, 6) is -1.63. The minimum atomic E-state index is -0.812. The van der Waals surface area contributed by atoms with E-state index in [9.17, 15) is 14.7 Å². The van der Waals surface area contributed by atoms with Crippen LogP contribution in [0.15, 0.2) is 72.8 Å². The number of hydrogen-bond donors (Lipinski definition) is 1. The lowest BCUT2D eigenvalue weighted by molar-refractivity contribution is -0.139. The molecule has 1 aliphatic heterocycles. The highest BCUT2D eigenvalue weighted by Crippen LogP contribution is 2.42. The molecule has 1 amide bonds. The molecule has 0 saturated carbocycles. The quantitative estimate of drug-likeness (QED) is 0.332. The van der Waals surface area contributed by atoms with Crippen molar-refractivity contribution in [2.24, 2.45) is 0 Å². The lowest BCUT2D eigenvalue weighted by atomic mass is 9.95. The Morgan fingerprint density at radius 1 is 1.06 bits per heavy atom. The van der Waals surface area contributed by atoms with Crippen LogP contribution in [0.3, 0.4) is 0 Å². The Balaban J connectivity index is 1.76. The van der Waals surface area contributed by atoms with Crippen molar-refractivity contribution in [3.8, 4) is 0 Å². The van der Waals surface area contributed by atoms with Crippen molar-refractivity contribution in [3.05, 3.63) is 94.0 Å². The second kappa shape index (κ2) is 8.96. The van der Waals surface area contributed by atoms with Crippen molar-refractivity contribution in [2.75, 3.05) is 6.54 Å². The van der Waals surface area contributed by atoms with Gasteiger partial charge in [0.1, 0.15) is 5.76 Å². The van der Waals surface area contributed by atoms with Crippen LogP contribution in [0.4, 0.5) is 0 Å². The van der Waals surface area contributed by atoms with Crippen LogP contribution in [0.25, 0.3) is 5.76 Å². The molecule has 158 valence electrons. The average Bonchev–Trinajstić information content (AvgIpc) is 3.36. The Morgan fingerprint density at radius 3 is 2.52 bits per heavy atom. The van der Waals surface area contributed by atoms with E-state index in [2.05, 4.69) is 4.98 Å². The first kappa shape index (κ1) is 21.2. The number of rotatable bonds is 6. The number of nitrogens with zero attached hydrogens (tertiary/aromatic N) is 3. The van der Waals surface area contributed by atoms with Crippen molar-refractivity contribution in [3.63, 3.8) is 0 Å². The van der Waals surface area contributed by atoms with Crippen LogP contribution in [-0.4, -0.2) is 37.8 Å². The van der Waals surface area contributed by atoms with Gasteiger partial charge < -0.3 is 14.6 Å². The SMILES string of the molecule is O=C1C(=O)N(CCCn2ccnc2)C(c2ccc(Cl)cc2Cl)/C1=C(/O)c1ccccc1. The number of carbonyl (C=O) groups excluding carboxylic acids is 2. The number of aromatic nitrogens is 2. The van der Waals surface area contributed by atoms with E-state index in [1.807, 2.05) is 10.8 Å². The summed E-state index contributed by atoms with van der Waals surface area (Å²) in [7, 11) is 0. The molecule has 2 aromatic carbocycles. The molecule has 31 heavy (non-hydrogen) atoms. The van der Waals surface area contributed by atoms with Crippen LogP contribution in [-0.2, 0) is 16.1 Å². The number of aliphatic hydroxyl groups is 1. The van der Waals surface area contributed by atoms with Crippen LogP contribution in [0.5, 0.6) is 0 Å². The van der Waals surface area contributed by atoms with E-state index in [1.165, 1.54) is 4.90 Å². The van der Waals surface area contributed by atoms with Gasteiger partial charge in [0, 0.05) is 41.1 Å². The van der Waals surface area contributed by atoms with Gasteiger partial charge in [0.25, 0.3) is 11.7 Å². The van der Waals surface area contributed by atoms with E-state index in [0.717, 1.165) is 0 Å². The highest BCUT2D eigenvalue weighted by Gasteiger charge is 2.46. The maximum absolute atomic E-state index is 13.0. The third-order valence-corrected chi connectivity index (χ3v) is 5.78. The zero-order chi connectivity index (χ0) is 22.0. The molecule has 1 fully saturated rings. The summed E-state index contributed by atoms with van der Waals surface area (Å²) in [6, 6.07) is 12.8. The summed E-state index contributed by atoms with van der Waals surface area (Å²) in [5.41, 5.74) is 1.00. The first-order valence-corrected chi connectivity index (χ1v) is 10.5. The van der Waals surface area contributed by atoms with Gasteiger partial charge in [-0.2, -0.15) is 0 Å². The van der Waals surface area contributed by atoms with Gasteiger partial charge in [-0.1, -0.05) is 59.6 Å². The zero-order valence-electron chi connectivity index (χ0n) is 16.4. The molecule has 0 radical (unpaired) electrons. The van der Waals surface area contributed by atoms with Crippen LogP contribution < -0.4 is 0 Å². The smallest absolute Gasteiger partial charge is 0.295 e. The Morgan fingerprint density at radius 2 is 1.84 bits per heavy atom. The summed E-state index contributed by atoms with van der Waals surface area (Å²) < 4.78 is 1.89. The predicted molar refractivity (Wildman–Crippen MR) is 119 cm³/mol. The number of aliphatic hydroxyl groups excluding tert-OH is 1. The van der Waals surface area contributed by atoms with Gasteiger partial charge in [-0.25, -0.2) is 4.98 Å². The molecular weight excluding hydrogens is 437 g/mol. The van der Waals surface area contributed by atoms with Crippen LogP contribution in [0.2, 0.25) is 10.0 Å². The number of benzene rings is 2. The van der Waals surface area contributed by atoms with Crippen molar-refractivity contribution in [1.82, 2.24) is 14.5 Å². The molecule has 8 heteroatoms. The van der Waals surface area contributed by atoms with Crippen molar-refractivity contribution >= 4 is 40.7 Å². The molecule has 1 atom stereocenters. The molecule has 2 heterocycles. The summed E-state index contributed by atoms with van der Waals surface area (Å²) in [6.07, 6.45) is 5.80. The van der Waals surface area contributed by atoms with E-state index >= 15 is 0 Å². The van der Waals surface area contributed by atoms with Gasteiger partial charge in [-0.3, -0.25) is 9.59 Å². The van der Waals surface area contributed by atoms with Gasteiger partial charge in [-0.05, 0) is 24.1 Å². The van der Waals surface area contributed by atoms with E-state index in [-0.39, 0.29) is 11.3 Å². The Bertz CT molecular complexity index is 1140. The summed E-state index contributed by atoms with van der Waals surface area (Å²) in [6.45, 7) is 0.931. The van der Waals surface area contributed by atoms with E-state index < -0.39 is 17.7 Å². The highest BCUT2D eigenvalue weighted by molar-refractivity contribution is 6.47. The van der Waals surface area contributed by atoms with E-state index in [1.54, 1.807) is 61.1 Å². The molecule has 1 aliphatic rings. The second-order valence-corrected chi connectivity index (χ2v) is 8.02. The Hall–Kier alpha value is -3.09. The van der Waals surface area contributed by atoms with Crippen LogP contribution >= 0.6 is 23.2 Å². The lowest BCUT2D eigenvalue weighted by Gasteiger charge is -2.26. The molecule has 1 saturated heterocycles. The number of aryl methyl sites for hydroxylation is 1. The standard InChI is InChI=1S/C23H19Cl2N3O3/c24-16-7-8-17(18(25)13-16)20-19(21(29)15-5-2-1-3-6-15)22(30)23(31)28(20)11-4-10-27-12-9-26-14-27/h1-3,5-9,12-14,20,29H,4,10-11H2/b21-19-. The number of carbonyl (C=O) groups is 2. The maximum atomic E-state index is 13.0. The van der Waals surface area contributed by atoms with Gasteiger partial charge in [-0.15, -0.1) is 0 Å². The molecule has 1 N–H and O–H groups in total. The number of hydrogen-bond acceptors (Lipinski definition) is 4. The van der Waals surface area contributed by atoms with Gasteiger partial charge in [0.05, 0.1) is 17.9 Å². The fourth-order valence-electron chi connectivity index (χ4n) is 3.75. The molecule has 0 aliphatic carbocycles. The minimum absolute atomic E-state index is 0.0167. The summed E-state index contributed by atoms with van der Waals surface area (Å²) in [4.78, 5) is 31.4. The number of imidazole rings is 1. The fraction of sp³-hybridized carbons (Fsp3) is 0.174. The number of ketones is 1. The zero-order valence-corrected chi connectivity index (χ0v) is 17.9. The van der Waals surface area contributed by atoms with E-state index in [0.29, 0.717) is 40.7 Å². The molecule has 6 nitrogen and oxygen atoms in total. The van der Waals surface area contributed by atoms with Gasteiger partial charge >= 0.3 is 0 Å². The first-order chi connectivity index (χ1) is 15.0. The number of Topliss-reactive ketones (excluding diaryl/α,β-unsaturated/α-hetero) is 1. The third-order valence-electron chi connectivity index (χ3n) is 5.22. The molecule has 3 aromatic rings. The fourth-order valence-corrected chi connectivity index (χ4v) is 4.26. The lowest BCUT2D eigenvalue weighted by Crippen LogP contribution is -2.31. The molecule has 0 bridgehead atoms. The molecular formula is C23H19Cl2N3O3. The average molecular weight is 456 g/mol. The highest BCUT2D eigenvalue weighted by atomic mass is 35.5. The van der Waals surface area contributed by atoms with E-state index in [4.69, 9.17) is 23.2 Å². The molecule has 1 aromatic heterocycles. The normalized spacial score (nSPS) is 18.0. The minimum Gasteiger partial charge on any atom is -0.507 e. The van der Waals surface area contributed by atoms with Crippen LogP contribution in [0.1, 0.15) is 23.6 Å². The van der Waals surface area contributed by atoms with Crippen LogP contribution in [0, 0.1) is 0 Å². The maximum Gasteiger partial charge on any atom is 0.295 e. The summed E-state index contributed by atoms with van der Waals surface area (Å²) >= 11 is 12.5. The monoisotopic (exact) mass is 455 g/mol. The first-order valence-electron chi connectivity index (χ1n) is 9.72. The van der Waals surface area contributed by atoms with Crippen molar-refractivity contribution < 1.29 is 14.7 Å². The molecule has 0 spiro atoms.